The molecule has 0 aliphatic carbocycles. The van der Waals surface area contributed by atoms with Crippen molar-refractivity contribution in [1.29, 1.82) is 0 Å². The van der Waals surface area contributed by atoms with Gasteiger partial charge >= 0.3 is 0 Å². The van der Waals surface area contributed by atoms with E-state index in [4.69, 9.17) is 18.9 Å². The molecule has 3 aromatic carbocycles. The van der Waals surface area contributed by atoms with E-state index in [1.165, 1.54) is 10.8 Å². The van der Waals surface area contributed by atoms with Gasteiger partial charge in [0, 0.05) is 5.39 Å². The molecule has 2 unspecified atom stereocenters. The van der Waals surface area contributed by atoms with Gasteiger partial charge in [-0.1, -0.05) is 30.3 Å². The maximum absolute atomic E-state index is 6.09. The van der Waals surface area contributed by atoms with Gasteiger partial charge < -0.3 is 18.9 Å². The Morgan fingerprint density at radius 3 is 2.17 bits per heavy atom. The summed E-state index contributed by atoms with van der Waals surface area (Å²) in [4.78, 5) is 0. The third kappa shape index (κ3) is 2.79. The molecule has 2 heterocycles. The molecule has 122 valence electrons. The summed E-state index contributed by atoms with van der Waals surface area (Å²) in [7, 11) is 0. The summed E-state index contributed by atoms with van der Waals surface area (Å²) >= 11 is 0. The lowest BCUT2D eigenvalue weighted by atomic mass is 10.0. The fourth-order valence-corrected chi connectivity index (χ4v) is 2.92. The molecular formula is C20H18O4. The van der Waals surface area contributed by atoms with Crippen molar-refractivity contribution in [2.24, 2.45) is 0 Å². The van der Waals surface area contributed by atoms with E-state index in [9.17, 15) is 0 Å². The van der Waals surface area contributed by atoms with E-state index in [1.54, 1.807) is 0 Å². The molecule has 3 aromatic rings. The van der Waals surface area contributed by atoms with Crippen molar-refractivity contribution < 1.29 is 18.9 Å². The molecule has 0 spiro atoms. The average molecular weight is 322 g/mol. The molecule has 0 amide bonds. The summed E-state index contributed by atoms with van der Waals surface area (Å²) in [5.41, 5.74) is 0. The second-order valence-corrected chi connectivity index (χ2v) is 6.35. The summed E-state index contributed by atoms with van der Waals surface area (Å²) in [6.45, 7) is 2.68. The van der Waals surface area contributed by atoms with Crippen LogP contribution in [-0.2, 0) is 9.47 Å². The van der Waals surface area contributed by atoms with Crippen molar-refractivity contribution in [3.63, 3.8) is 0 Å². The van der Waals surface area contributed by atoms with Gasteiger partial charge in [-0.15, -0.1) is 0 Å². The van der Waals surface area contributed by atoms with Crippen molar-refractivity contribution in [1.82, 2.24) is 0 Å². The third-order valence-corrected chi connectivity index (χ3v) is 4.44. The van der Waals surface area contributed by atoms with Crippen LogP contribution in [0.15, 0.2) is 48.5 Å². The molecule has 2 aliphatic heterocycles. The molecule has 2 saturated heterocycles. The zero-order valence-corrected chi connectivity index (χ0v) is 13.2. The van der Waals surface area contributed by atoms with Crippen LogP contribution in [0.2, 0.25) is 0 Å². The maximum Gasteiger partial charge on any atom is 0.169 e. The molecule has 0 aromatic heterocycles. The zero-order chi connectivity index (χ0) is 15.9. The fraction of sp³-hybridized carbons (Fsp3) is 0.300. The van der Waals surface area contributed by atoms with E-state index in [0.717, 1.165) is 35.5 Å². The lowest BCUT2D eigenvalue weighted by molar-refractivity contribution is 0.230. The monoisotopic (exact) mass is 322 g/mol. The van der Waals surface area contributed by atoms with Crippen LogP contribution >= 0.6 is 0 Å². The van der Waals surface area contributed by atoms with Gasteiger partial charge in [-0.25, -0.2) is 0 Å². The first-order valence-electron chi connectivity index (χ1n) is 8.31. The van der Waals surface area contributed by atoms with Gasteiger partial charge in [-0.05, 0) is 34.4 Å². The number of ether oxygens (including phenoxy) is 4. The standard InChI is InChI=1S/C20H18O4/c1-2-4-14-8-18-15(7-13(14)3-1)5-6-19(23-11-16-9-21-16)20(18)24-12-17-10-22-17/h1-8,16-17H,9-12H2. The Bertz CT molecular complexity index is 897. The van der Waals surface area contributed by atoms with Gasteiger partial charge in [-0.3, -0.25) is 0 Å². The van der Waals surface area contributed by atoms with Crippen LogP contribution in [0.5, 0.6) is 11.5 Å². The molecular weight excluding hydrogens is 304 g/mol. The molecule has 2 fully saturated rings. The van der Waals surface area contributed by atoms with Gasteiger partial charge in [0.1, 0.15) is 25.4 Å². The van der Waals surface area contributed by atoms with Gasteiger partial charge in [0.25, 0.3) is 0 Å². The molecule has 0 radical (unpaired) electrons. The Morgan fingerprint density at radius 2 is 1.46 bits per heavy atom. The van der Waals surface area contributed by atoms with E-state index in [2.05, 4.69) is 42.5 Å². The molecule has 2 atom stereocenters. The lowest BCUT2D eigenvalue weighted by Gasteiger charge is -2.15. The number of hydrogen-bond acceptors (Lipinski definition) is 4. The summed E-state index contributed by atoms with van der Waals surface area (Å²) in [5, 5.41) is 4.64. The van der Waals surface area contributed by atoms with Crippen molar-refractivity contribution in [3.8, 4) is 11.5 Å². The molecule has 0 saturated carbocycles. The van der Waals surface area contributed by atoms with Crippen LogP contribution in [0, 0.1) is 0 Å². The highest BCUT2D eigenvalue weighted by Crippen LogP contribution is 2.38. The minimum atomic E-state index is 0.209. The smallest absolute Gasteiger partial charge is 0.169 e. The predicted molar refractivity (Wildman–Crippen MR) is 91.9 cm³/mol. The first-order chi connectivity index (χ1) is 11.9. The number of epoxide rings is 2. The van der Waals surface area contributed by atoms with Gasteiger partial charge in [0.2, 0.25) is 0 Å². The number of fused-ring (bicyclic) bond motifs is 2. The molecule has 4 heteroatoms. The first-order valence-corrected chi connectivity index (χ1v) is 8.31. The molecule has 0 N–H and O–H groups in total. The van der Waals surface area contributed by atoms with Crippen LogP contribution < -0.4 is 9.47 Å². The van der Waals surface area contributed by atoms with E-state index in [0.29, 0.717) is 13.2 Å². The highest BCUT2D eigenvalue weighted by molar-refractivity contribution is 6.01. The third-order valence-electron chi connectivity index (χ3n) is 4.44. The number of rotatable bonds is 6. The summed E-state index contributed by atoms with van der Waals surface area (Å²) in [6, 6.07) is 16.8. The topological polar surface area (TPSA) is 43.5 Å². The van der Waals surface area contributed by atoms with Crippen LogP contribution in [-0.4, -0.2) is 38.6 Å². The van der Waals surface area contributed by atoms with E-state index < -0.39 is 0 Å². The van der Waals surface area contributed by atoms with Gasteiger partial charge in [0.15, 0.2) is 11.5 Å². The Morgan fingerprint density at radius 1 is 0.792 bits per heavy atom. The van der Waals surface area contributed by atoms with Crippen LogP contribution in [0.4, 0.5) is 0 Å². The van der Waals surface area contributed by atoms with Gasteiger partial charge in [0.05, 0.1) is 13.2 Å². The Labute approximate surface area is 139 Å². The molecule has 2 aliphatic rings. The maximum atomic E-state index is 6.09. The van der Waals surface area contributed by atoms with Crippen molar-refractivity contribution in [2.75, 3.05) is 26.4 Å². The largest absolute Gasteiger partial charge is 0.487 e. The number of benzene rings is 3. The lowest BCUT2D eigenvalue weighted by Crippen LogP contribution is -2.09. The van der Waals surface area contributed by atoms with Crippen molar-refractivity contribution >= 4 is 21.5 Å². The summed E-state index contributed by atoms with van der Waals surface area (Å²) in [6.07, 6.45) is 0.428. The normalized spacial score (nSPS) is 21.8. The summed E-state index contributed by atoms with van der Waals surface area (Å²) < 4.78 is 22.5. The number of hydrogen-bond donors (Lipinski definition) is 0. The molecule has 24 heavy (non-hydrogen) atoms. The Kier molecular flexibility index (Phi) is 3.32. The molecule has 4 nitrogen and oxygen atoms in total. The minimum absolute atomic E-state index is 0.209. The van der Waals surface area contributed by atoms with Crippen molar-refractivity contribution in [3.05, 3.63) is 48.5 Å². The van der Waals surface area contributed by atoms with E-state index in [1.807, 2.05) is 6.07 Å². The quantitative estimate of drug-likeness (QED) is 0.514. The SMILES string of the molecule is c1ccc2cc3c(OCC4CO4)c(OCC4CO4)ccc3cc2c1. The molecule has 0 bridgehead atoms. The summed E-state index contributed by atoms with van der Waals surface area (Å²) in [5.74, 6) is 1.57. The first kappa shape index (κ1) is 14.1. The Balaban J connectivity index is 1.59. The van der Waals surface area contributed by atoms with Crippen LogP contribution in [0.25, 0.3) is 21.5 Å². The minimum Gasteiger partial charge on any atom is -0.487 e. The Hall–Kier alpha value is -2.30. The fourth-order valence-electron chi connectivity index (χ4n) is 2.92. The van der Waals surface area contributed by atoms with Crippen LogP contribution in [0.1, 0.15) is 0 Å². The second kappa shape index (κ2) is 5.65. The zero-order valence-electron chi connectivity index (χ0n) is 13.2. The highest BCUT2D eigenvalue weighted by atomic mass is 16.6. The van der Waals surface area contributed by atoms with Crippen LogP contribution in [0.3, 0.4) is 0 Å². The molecule has 5 rings (SSSR count). The van der Waals surface area contributed by atoms with Gasteiger partial charge in [-0.2, -0.15) is 0 Å². The average Bonchev–Trinajstić information content (AvgIpc) is 3.51. The van der Waals surface area contributed by atoms with Crippen molar-refractivity contribution in [2.45, 2.75) is 12.2 Å². The predicted octanol–water partition coefficient (Wildman–Crippen LogP) is 3.55. The highest BCUT2D eigenvalue weighted by Gasteiger charge is 2.26. The second-order valence-electron chi connectivity index (χ2n) is 6.35. The van der Waals surface area contributed by atoms with E-state index in [-0.39, 0.29) is 12.2 Å². The van der Waals surface area contributed by atoms with E-state index >= 15 is 0 Å².